The van der Waals surface area contributed by atoms with E-state index in [4.69, 9.17) is 15.9 Å². The van der Waals surface area contributed by atoms with Gasteiger partial charge < -0.3 is 15.9 Å². The van der Waals surface area contributed by atoms with Crippen LogP contribution in [0.2, 0.25) is 0 Å². The molecule has 5 nitrogen and oxygen atoms in total. The second kappa shape index (κ2) is 5.00. The van der Waals surface area contributed by atoms with Crippen molar-refractivity contribution in [2.75, 3.05) is 0 Å². The highest BCUT2D eigenvalue weighted by Gasteiger charge is 2.19. The molecule has 0 saturated carbocycles. The maximum Gasteiger partial charge on any atom is 0.304 e. The first-order chi connectivity index (χ1) is 5.43. The van der Waals surface area contributed by atoms with Crippen LogP contribution in [0.25, 0.3) is 0 Å². The van der Waals surface area contributed by atoms with Gasteiger partial charge in [-0.25, -0.2) is 0 Å². The maximum absolute atomic E-state index is 10.1. The van der Waals surface area contributed by atoms with E-state index in [0.717, 1.165) is 0 Å². The fraction of sp³-hybridized carbons (Fsp3) is 0.667. The number of hydrogen-bond acceptors (Lipinski definition) is 4. The van der Waals surface area contributed by atoms with E-state index in [1.165, 1.54) is 0 Å². The second-order valence-electron chi connectivity index (χ2n) is 2.43. The summed E-state index contributed by atoms with van der Waals surface area (Å²) in [6.45, 7) is 0. The molecule has 2 unspecified atom stereocenters. The van der Waals surface area contributed by atoms with Gasteiger partial charge in [-0.3, -0.25) is 9.59 Å². The lowest BCUT2D eigenvalue weighted by atomic mass is 10.1. The zero-order chi connectivity index (χ0) is 9.72. The fourth-order valence-electron chi connectivity index (χ4n) is 0.668. The molecule has 0 aliphatic rings. The molecule has 2 atom stereocenters. The van der Waals surface area contributed by atoms with Crippen LogP contribution >= 0.6 is 12.6 Å². The summed E-state index contributed by atoms with van der Waals surface area (Å²) in [6, 6.07) is -0.720. The van der Waals surface area contributed by atoms with Crippen molar-refractivity contribution in [3.8, 4) is 0 Å². The summed E-state index contributed by atoms with van der Waals surface area (Å²) in [5.41, 5.74) is 5.35. The Morgan fingerprint density at radius 1 is 1.25 bits per heavy atom. The summed E-state index contributed by atoms with van der Waals surface area (Å²) in [7, 11) is 0. The van der Waals surface area contributed by atoms with E-state index in [1.54, 1.807) is 0 Å². The van der Waals surface area contributed by atoms with Gasteiger partial charge in [0.05, 0.1) is 12.8 Å². The molecule has 0 fully saturated rings. The van der Waals surface area contributed by atoms with Crippen LogP contribution in [0.4, 0.5) is 0 Å². The SMILES string of the molecule is NC(CC(=O)O)C(S)CC(=O)O. The molecule has 0 bridgehead atoms. The Morgan fingerprint density at radius 3 is 2.00 bits per heavy atom. The van der Waals surface area contributed by atoms with Gasteiger partial charge >= 0.3 is 11.9 Å². The highest BCUT2D eigenvalue weighted by atomic mass is 32.1. The summed E-state index contributed by atoms with van der Waals surface area (Å²) >= 11 is 3.87. The van der Waals surface area contributed by atoms with Gasteiger partial charge in [0.15, 0.2) is 0 Å². The molecule has 12 heavy (non-hydrogen) atoms. The Morgan fingerprint density at radius 2 is 1.67 bits per heavy atom. The third kappa shape index (κ3) is 4.97. The molecule has 70 valence electrons. The third-order valence-electron chi connectivity index (χ3n) is 1.29. The molecule has 0 aliphatic heterocycles. The van der Waals surface area contributed by atoms with Gasteiger partial charge in [0.25, 0.3) is 0 Å². The van der Waals surface area contributed by atoms with Gasteiger partial charge in [0, 0.05) is 11.3 Å². The van der Waals surface area contributed by atoms with Crippen molar-refractivity contribution in [3.63, 3.8) is 0 Å². The molecule has 6 heteroatoms. The lowest BCUT2D eigenvalue weighted by molar-refractivity contribution is -0.139. The highest BCUT2D eigenvalue weighted by Crippen LogP contribution is 2.08. The molecule has 0 rings (SSSR count). The van der Waals surface area contributed by atoms with Crippen molar-refractivity contribution in [2.45, 2.75) is 24.1 Å². The van der Waals surface area contributed by atoms with Crippen molar-refractivity contribution < 1.29 is 19.8 Å². The number of rotatable bonds is 5. The number of carboxylic acids is 2. The van der Waals surface area contributed by atoms with Crippen molar-refractivity contribution in [1.82, 2.24) is 0 Å². The van der Waals surface area contributed by atoms with E-state index in [0.29, 0.717) is 0 Å². The summed E-state index contributed by atoms with van der Waals surface area (Å²) < 4.78 is 0. The maximum atomic E-state index is 10.1. The third-order valence-corrected chi connectivity index (χ3v) is 1.85. The number of carboxylic acid groups (broad SMARTS) is 2. The van der Waals surface area contributed by atoms with Crippen LogP contribution in [0, 0.1) is 0 Å². The Balaban J connectivity index is 3.83. The van der Waals surface area contributed by atoms with Crippen LogP contribution in [0.5, 0.6) is 0 Å². The van der Waals surface area contributed by atoms with Crippen LogP contribution in [0.3, 0.4) is 0 Å². The average Bonchev–Trinajstić information content (AvgIpc) is 1.84. The lowest BCUT2D eigenvalue weighted by Crippen LogP contribution is -2.34. The Kier molecular flexibility index (Phi) is 4.68. The first-order valence-corrected chi connectivity index (χ1v) is 3.82. The minimum absolute atomic E-state index is 0.225. The monoisotopic (exact) mass is 193 g/mol. The van der Waals surface area contributed by atoms with Gasteiger partial charge in [-0.2, -0.15) is 12.6 Å². The summed E-state index contributed by atoms with van der Waals surface area (Å²) in [5.74, 6) is -2.08. The van der Waals surface area contributed by atoms with E-state index in [2.05, 4.69) is 12.6 Å². The van der Waals surface area contributed by atoms with Crippen LogP contribution < -0.4 is 5.73 Å². The second-order valence-corrected chi connectivity index (χ2v) is 3.09. The lowest BCUT2D eigenvalue weighted by Gasteiger charge is -2.14. The van der Waals surface area contributed by atoms with E-state index in [1.807, 2.05) is 0 Å². The van der Waals surface area contributed by atoms with Gasteiger partial charge in [-0.05, 0) is 0 Å². The molecule has 0 heterocycles. The smallest absolute Gasteiger partial charge is 0.304 e. The summed E-state index contributed by atoms with van der Waals surface area (Å²) in [4.78, 5) is 20.3. The van der Waals surface area contributed by atoms with Gasteiger partial charge in [-0.15, -0.1) is 0 Å². The standard InChI is InChI=1S/C6H11NO4S/c7-3(1-5(8)9)4(12)2-6(10)11/h3-4,12H,1-2,7H2,(H,8,9)(H,10,11). The fourth-order valence-corrected chi connectivity index (χ4v) is 0.930. The summed E-state index contributed by atoms with van der Waals surface area (Å²) in [5, 5.41) is 16.0. The highest BCUT2D eigenvalue weighted by molar-refractivity contribution is 7.81. The minimum atomic E-state index is -1.05. The molecular weight excluding hydrogens is 182 g/mol. The molecule has 0 aromatic carbocycles. The van der Waals surface area contributed by atoms with Gasteiger partial charge in [-0.1, -0.05) is 0 Å². The Hall–Kier alpha value is -0.750. The van der Waals surface area contributed by atoms with Crippen molar-refractivity contribution in [2.24, 2.45) is 5.73 Å². The van der Waals surface area contributed by atoms with Crippen molar-refractivity contribution in [1.29, 1.82) is 0 Å². The van der Waals surface area contributed by atoms with Crippen LogP contribution in [-0.4, -0.2) is 33.4 Å². The van der Waals surface area contributed by atoms with Crippen molar-refractivity contribution in [3.05, 3.63) is 0 Å². The Bertz CT molecular complexity index is 164. The molecule has 0 aliphatic carbocycles. The number of nitrogens with two attached hydrogens (primary N) is 1. The van der Waals surface area contributed by atoms with E-state index in [9.17, 15) is 9.59 Å². The van der Waals surface area contributed by atoms with Gasteiger partial charge in [0.1, 0.15) is 0 Å². The minimum Gasteiger partial charge on any atom is -0.481 e. The molecule has 0 saturated heterocycles. The molecule has 0 aromatic rings. The number of hydrogen-bond donors (Lipinski definition) is 4. The number of thiol groups is 1. The topological polar surface area (TPSA) is 101 Å². The first-order valence-electron chi connectivity index (χ1n) is 3.30. The van der Waals surface area contributed by atoms with Gasteiger partial charge in [0.2, 0.25) is 0 Å². The summed E-state index contributed by atoms with van der Waals surface area (Å²) in [6.07, 6.45) is -0.487. The molecule has 0 radical (unpaired) electrons. The largest absolute Gasteiger partial charge is 0.481 e. The van der Waals surface area contributed by atoms with Crippen molar-refractivity contribution >= 4 is 24.6 Å². The van der Waals surface area contributed by atoms with Crippen LogP contribution in [0.15, 0.2) is 0 Å². The molecule has 4 N–H and O–H groups in total. The number of aliphatic carboxylic acids is 2. The van der Waals surface area contributed by atoms with Crippen LogP contribution in [0.1, 0.15) is 12.8 Å². The van der Waals surface area contributed by atoms with Crippen LogP contribution in [-0.2, 0) is 9.59 Å². The van der Waals surface area contributed by atoms with E-state index < -0.39 is 23.2 Å². The quantitative estimate of drug-likeness (QED) is 0.443. The number of carbonyl (C=O) groups is 2. The predicted octanol–water partition coefficient (Wildman–Crippen LogP) is -0.439. The first kappa shape index (κ1) is 11.2. The zero-order valence-electron chi connectivity index (χ0n) is 6.30. The predicted molar refractivity (Wildman–Crippen MR) is 45.3 cm³/mol. The zero-order valence-corrected chi connectivity index (χ0v) is 7.20. The molecular formula is C6H11NO4S. The molecule has 0 aromatic heterocycles. The molecule has 0 amide bonds. The Labute approximate surface area is 75.0 Å². The normalized spacial score (nSPS) is 15.2. The average molecular weight is 193 g/mol. The van der Waals surface area contributed by atoms with E-state index >= 15 is 0 Å². The molecule has 0 spiro atoms. The van der Waals surface area contributed by atoms with E-state index in [-0.39, 0.29) is 12.8 Å².